The average Bonchev–Trinajstić information content (AvgIpc) is 2.96. The van der Waals surface area contributed by atoms with Crippen LogP contribution in [0.5, 0.6) is 0 Å². The number of ether oxygens (including phenoxy) is 1. The molecule has 116 valence electrons. The van der Waals surface area contributed by atoms with Crippen molar-refractivity contribution in [1.82, 2.24) is 9.55 Å². The summed E-state index contributed by atoms with van der Waals surface area (Å²) in [7, 11) is 1.60. The molecule has 2 aromatic carbocycles. The van der Waals surface area contributed by atoms with Crippen molar-refractivity contribution in [3.8, 4) is 0 Å². The number of aromatic nitrogens is 2. The average molecular weight is 305 g/mol. The monoisotopic (exact) mass is 305 g/mol. The molecule has 0 amide bonds. The van der Waals surface area contributed by atoms with E-state index in [1.807, 2.05) is 47.3 Å². The molecular formula is C19H19N3O. The number of methoxy groups -OCH3 is 1. The maximum absolute atomic E-state index is 4.99. The Morgan fingerprint density at radius 3 is 2.30 bits per heavy atom. The summed E-state index contributed by atoms with van der Waals surface area (Å²) in [5, 5.41) is 0. The summed E-state index contributed by atoms with van der Waals surface area (Å²) in [6.07, 6.45) is 4.04. The van der Waals surface area contributed by atoms with Crippen LogP contribution in [0.4, 0.5) is 5.82 Å². The minimum Gasteiger partial charge on any atom is -0.486 e. The summed E-state index contributed by atoms with van der Waals surface area (Å²) in [6.45, 7) is 0.735. The molecule has 0 radical (unpaired) electrons. The third-order valence-electron chi connectivity index (χ3n) is 3.57. The Morgan fingerprint density at radius 1 is 1.00 bits per heavy atom. The molecule has 0 bridgehead atoms. The van der Waals surface area contributed by atoms with E-state index in [4.69, 9.17) is 4.74 Å². The number of hydrogen-bond donors (Lipinski definition) is 0. The van der Waals surface area contributed by atoms with E-state index in [9.17, 15) is 0 Å². The van der Waals surface area contributed by atoms with Crippen LogP contribution in [0.15, 0.2) is 72.0 Å². The molecule has 23 heavy (non-hydrogen) atoms. The normalized spacial score (nSPS) is 11.0. The van der Waals surface area contributed by atoms with Gasteiger partial charge in [0, 0.05) is 6.42 Å². The first-order chi connectivity index (χ1) is 11.4. The first kappa shape index (κ1) is 15.0. The van der Waals surface area contributed by atoms with E-state index in [1.54, 1.807) is 7.11 Å². The molecule has 0 aliphatic heterocycles. The first-order valence-electron chi connectivity index (χ1n) is 7.54. The smallest absolute Gasteiger partial charge is 0.175 e. The molecule has 4 heteroatoms. The lowest BCUT2D eigenvalue weighted by molar-refractivity contribution is 0.422. The zero-order valence-corrected chi connectivity index (χ0v) is 13.1. The second kappa shape index (κ2) is 7.40. The molecule has 0 saturated carbocycles. The van der Waals surface area contributed by atoms with Crippen LogP contribution in [-0.4, -0.2) is 23.1 Å². The van der Waals surface area contributed by atoms with Crippen molar-refractivity contribution in [2.24, 2.45) is 4.99 Å². The second-order valence-electron chi connectivity index (χ2n) is 5.26. The highest BCUT2D eigenvalue weighted by Gasteiger charge is 2.11. The Morgan fingerprint density at radius 2 is 1.65 bits per heavy atom. The molecule has 0 aliphatic rings. The zero-order valence-electron chi connectivity index (χ0n) is 13.1. The topological polar surface area (TPSA) is 39.4 Å². The van der Waals surface area contributed by atoms with Crippen LogP contribution >= 0.6 is 0 Å². The van der Waals surface area contributed by atoms with E-state index in [0.717, 1.165) is 24.5 Å². The molecule has 0 unspecified atom stereocenters. The van der Waals surface area contributed by atoms with Crippen molar-refractivity contribution in [3.05, 3.63) is 83.8 Å². The minimum atomic E-state index is 0.735. The molecule has 0 fully saturated rings. The fraction of sp³-hybridized carbons (Fsp3) is 0.158. The Balaban J connectivity index is 1.89. The third-order valence-corrected chi connectivity index (χ3v) is 3.57. The maximum Gasteiger partial charge on any atom is 0.175 e. The van der Waals surface area contributed by atoms with Gasteiger partial charge >= 0.3 is 0 Å². The van der Waals surface area contributed by atoms with E-state index in [0.29, 0.717) is 0 Å². The molecule has 3 rings (SSSR count). The molecule has 0 atom stereocenters. The second-order valence-corrected chi connectivity index (χ2v) is 5.26. The first-order valence-corrected chi connectivity index (χ1v) is 7.54. The van der Waals surface area contributed by atoms with Crippen LogP contribution in [0, 0.1) is 0 Å². The quantitative estimate of drug-likeness (QED) is 0.513. The third kappa shape index (κ3) is 3.86. The van der Waals surface area contributed by atoms with Gasteiger partial charge in [0.05, 0.1) is 25.7 Å². The van der Waals surface area contributed by atoms with Gasteiger partial charge in [-0.1, -0.05) is 60.7 Å². The van der Waals surface area contributed by atoms with E-state index in [1.165, 1.54) is 17.5 Å². The van der Waals surface area contributed by atoms with Gasteiger partial charge in [0.2, 0.25) is 0 Å². The number of imidazole rings is 1. The number of benzene rings is 2. The van der Waals surface area contributed by atoms with Gasteiger partial charge in [-0.25, -0.2) is 9.98 Å². The zero-order chi connectivity index (χ0) is 15.9. The van der Waals surface area contributed by atoms with Gasteiger partial charge in [0.1, 0.15) is 0 Å². The van der Waals surface area contributed by atoms with Crippen LogP contribution in [0.25, 0.3) is 0 Å². The molecule has 0 spiro atoms. The SMILES string of the molecule is CO/C=N\c1c(Cc2ccccc2)ncn1Cc1ccccc1. The van der Waals surface area contributed by atoms with Crippen LogP contribution in [0.1, 0.15) is 16.8 Å². The van der Waals surface area contributed by atoms with E-state index in [2.05, 4.69) is 34.2 Å². The van der Waals surface area contributed by atoms with Gasteiger partial charge in [0.25, 0.3) is 0 Å². The highest BCUT2D eigenvalue weighted by Crippen LogP contribution is 2.22. The minimum absolute atomic E-state index is 0.735. The molecule has 0 saturated heterocycles. The molecule has 0 N–H and O–H groups in total. The summed E-state index contributed by atoms with van der Waals surface area (Å²) in [4.78, 5) is 8.98. The lowest BCUT2D eigenvalue weighted by atomic mass is 10.1. The Kier molecular flexibility index (Phi) is 4.84. The van der Waals surface area contributed by atoms with Gasteiger partial charge < -0.3 is 9.30 Å². The summed E-state index contributed by atoms with van der Waals surface area (Å²) >= 11 is 0. The van der Waals surface area contributed by atoms with Crippen molar-refractivity contribution in [2.45, 2.75) is 13.0 Å². The summed E-state index contributed by atoms with van der Waals surface area (Å²) in [5.74, 6) is 0.833. The fourth-order valence-electron chi connectivity index (χ4n) is 2.48. The summed E-state index contributed by atoms with van der Waals surface area (Å²) < 4.78 is 7.04. The predicted octanol–water partition coefficient (Wildman–Crippen LogP) is 3.83. The van der Waals surface area contributed by atoms with Gasteiger partial charge in [-0.3, -0.25) is 0 Å². The van der Waals surface area contributed by atoms with Crippen molar-refractivity contribution in [2.75, 3.05) is 7.11 Å². The standard InChI is InChI=1S/C19H19N3O/c1-23-15-21-19-18(12-16-8-4-2-5-9-16)20-14-22(19)13-17-10-6-3-7-11-17/h2-11,14-15H,12-13H2,1H3/b21-15-. The van der Waals surface area contributed by atoms with Crippen LogP contribution in [0.3, 0.4) is 0 Å². The van der Waals surface area contributed by atoms with Crippen LogP contribution in [0.2, 0.25) is 0 Å². The van der Waals surface area contributed by atoms with Crippen molar-refractivity contribution in [1.29, 1.82) is 0 Å². The van der Waals surface area contributed by atoms with Crippen LogP contribution in [-0.2, 0) is 17.7 Å². The molecule has 0 aliphatic carbocycles. The highest BCUT2D eigenvalue weighted by atomic mass is 16.5. The lowest BCUT2D eigenvalue weighted by Gasteiger charge is -2.06. The van der Waals surface area contributed by atoms with Crippen molar-refractivity contribution < 1.29 is 4.74 Å². The maximum atomic E-state index is 4.99. The molecular weight excluding hydrogens is 286 g/mol. The van der Waals surface area contributed by atoms with Gasteiger partial charge in [-0.2, -0.15) is 0 Å². The molecule has 1 aromatic heterocycles. The Bertz CT molecular complexity index is 705. The molecule has 3 aromatic rings. The van der Waals surface area contributed by atoms with E-state index >= 15 is 0 Å². The highest BCUT2D eigenvalue weighted by molar-refractivity contribution is 5.55. The van der Waals surface area contributed by atoms with Gasteiger partial charge in [-0.05, 0) is 11.1 Å². The summed E-state index contributed by atoms with van der Waals surface area (Å²) in [6, 6.07) is 20.6. The molecule has 1 heterocycles. The van der Waals surface area contributed by atoms with Gasteiger partial charge in [-0.15, -0.1) is 0 Å². The van der Waals surface area contributed by atoms with E-state index < -0.39 is 0 Å². The summed E-state index contributed by atoms with van der Waals surface area (Å²) in [5.41, 5.74) is 3.37. The Hall–Kier alpha value is -2.88. The molecule has 4 nitrogen and oxygen atoms in total. The number of aliphatic imine (C=N–C) groups is 1. The number of hydrogen-bond acceptors (Lipinski definition) is 3. The van der Waals surface area contributed by atoms with Crippen molar-refractivity contribution in [3.63, 3.8) is 0 Å². The predicted molar refractivity (Wildman–Crippen MR) is 92.2 cm³/mol. The lowest BCUT2D eigenvalue weighted by Crippen LogP contribution is -1.98. The van der Waals surface area contributed by atoms with E-state index in [-0.39, 0.29) is 0 Å². The van der Waals surface area contributed by atoms with Crippen LogP contribution < -0.4 is 0 Å². The van der Waals surface area contributed by atoms with Gasteiger partial charge in [0.15, 0.2) is 12.2 Å². The number of nitrogens with zero attached hydrogens (tertiary/aromatic N) is 3. The Labute approximate surface area is 136 Å². The fourth-order valence-corrected chi connectivity index (χ4v) is 2.48. The van der Waals surface area contributed by atoms with Crippen molar-refractivity contribution >= 4 is 12.2 Å². The number of rotatable bonds is 6. The largest absolute Gasteiger partial charge is 0.486 e.